The molecule has 30 heavy (non-hydrogen) atoms. The Morgan fingerprint density at radius 3 is 2.23 bits per heavy atom. The number of cyclic esters (lactones) is 1. The summed E-state index contributed by atoms with van der Waals surface area (Å²) in [5, 5.41) is 0. The van der Waals surface area contributed by atoms with E-state index < -0.39 is 46.8 Å². The molecule has 0 bridgehead atoms. The molecule has 2 aromatic rings. The van der Waals surface area contributed by atoms with Crippen LogP contribution in [0.4, 0.5) is 18.0 Å². The fourth-order valence-electron chi connectivity index (χ4n) is 2.71. The Morgan fingerprint density at radius 1 is 1.07 bits per heavy atom. The third kappa shape index (κ3) is 5.27. The normalized spacial score (nSPS) is 15.8. The lowest BCUT2D eigenvalue weighted by molar-refractivity contribution is -0.274. The highest BCUT2D eigenvalue weighted by Crippen LogP contribution is 2.25. The number of imide groups is 1. The first kappa shape index (κ1) is 21.6. The summed E-state index contributed by atoms with van der Waals surface area (Å²) in [5.41, 5.74) is 0.464. The predicted octanol–water partition coefficient (Wildman–Crippen LogP) is 2.58. The Kier molecular flexibility index (Phi) is 5.99. The minimum atomic E-state index is -4.91. The van der Waals surface area contributed by atoms with E-state index >= 15 is 0 Å². The molecule has 1 unspecified atom stereocenters. The lowest BCUT2D eigenvalue weighted by Crippen LogP contribution is -2.40. The minimum Gasteiger partial charge on any atom is -0.439 e. The van der Waals surface area contributed by atoms with E-state index in [2.05, 4.69) is 14.2 Å². The van der Waals surface area contributed by atoms with Gasteiger partial charge in [-0.1, -0.05) is 30.3 Å². The van der Waals surface area contributed by atoms with Gasteiger partial charge in [0.1, 0.15) is 5.75 Å². The zero-order valence-electron chi connectivity index (χ0n) is 15.1. The summed E-state index contributed by atoms with van der Waals surface area (Å²) in [6.45, 7) is -0.760. The molecule has 1 heterocycles. The van der Waals surface area contributed by atoms with E-state index in [1.807, 2.05) is 0 Å². The standard InChI is InChI=1S/C18H15F3N2O6S/c19-18(20,21)29-13-6-8-14(9-7-13)30(26,27)22-15(12-4-2-1-3-5-12)10-23-16(24)11-28-17(23)25/h1-9,15,22H,10-11H2. The van der Waals surface area contributed by atoms with Crippen molar-refractivity contribution in [1.82, 2.24) is 9.62 Å². The van der Waals surface area contributed by atoms with Crippen LogP contribution in [0.1, 0.15) is 11.6 Å². The lowest BCUT2D eigenvalue weighted by Gasteiger charge is -2.22. The number of carbonyl (C=O) groups is 2. The highest BCUT2D eigenvalue weighted by Gasteiger charge is 2.35. The summed E-state index contributed by atoms with van der Waals surface area (Å²) in [6.07, 6.45) is -5.80. The molecule has 2 amide bonds. The summed E-state index contributed by atoms with van der Waals surface area (Å²) >= 11 is 0. The molecule has 2 aromatic carbocycles. The number of nitrogens with one attached hydrogen (secondary N) is 1. The molecule has 0 aliphatic carbocycles. The topological polar surface area (TPSA) is 102 Å². The molecule has 8 nitrogen and oxygen atoms in total. The van der Waals surface area contributed by atoms with Crippen LogP contribution in [-0.2, 0) is 19.6 Å². The van der Waals surface area contributed by atoms with Gasteiger partial charge in [-0.3, -0.25) is 4.79 Å². The molecule has 0 aromatic heterocycles. The van der Waals surface area contributed by atoms with Crippen molar-refractivity contribution < 1.29 is 40.7 Å². The van der Waals surface area contributed by atoms with Crippen LogP contribution in [0, 0.1) is 0 Å². The minimum absolute atomic E-state index is 0.323. The summed E-state index contributed by atoms with van der Waals surface area (Å²) in [5.74, 6) is -1.19. The first-order valence-electron chi connectivity index (χ1n) is 8.45. The van der Waals surface area contributed by atoms with Gasteiger partial charge in [-0.05, 0) is 29.8 Å². The maximum Gasteiger partial charge on any atom is 0.573 e. The van der Waals surface area contributed by atoms with Crippen molar-refractivity contribution in [2.75, 3.05) is 13.2 Å². The first-order chi connectivity index (χ1) is 14.0. The number of alkyl halides is 3. The Hall–Kier alpha value is -3.12. The molecule has 1 aliphatic heterocycles. The van der Waals surface area contributed by atoms with Gasteiger partial charge in [0.2, 0.25) is 10.0 Å². The smallest absolute Gasteiger partial charge is 0.439 e. The summed E-state index contributed by atoms with van der Waals surface area (Å²) < 4.78 is 73.0. The van der Waals surface area contributed by atoms with Crippen molar-refractivity contribution in [3.63, 3.8) is 0 Å². The quantitative estimate of drug-likeness (QED) is 0.705. The van der Waals surface area contributed by atoms with Crippen LogP contribution in [0.15, 0.2) is 59.5 Å². The number of halogens is 3. The Morgan fingerprint density at radius 2 is 1.70 bits per heavy atom. The molecule has 0 radical (unpaired) electrons. The molecule has 1 aliphatic rings. The van der Waals surface area contributed by atoms with E-state index in [4.69, 9.17) is 0 Å². The second-order valence-electron chi connectivity index (χ2n) is 6.16. The zero-order valence-corrected chi connectivity index (χ0v) is 15.9. The average molecular weight is 444 g/mol. The van der Waals surface area contributed by atoms with Gasteiger partial charge in [-0.25, -0.2) is 22.8 Å². The van der Waals surface area contributed by atoms with E-state index in [-0.39, 0.29) is 11.4 Å². The molecule has 0 spiro atoms. The Balaban J connectivity index is 1.84. The number of nitrogens with zero attached hydrogens (tertiary/aromatic N) is 1. The van der Waals surface area contributed by atoms with Crippen LogP contribution < -0.4 is 9.46 Å². The second-order valence-corrected chi connectivity index (χ2v) is 7.88. The maximum atomic E-state index is 12.8. The second kappa shape index (κ2) is 8.32. The molecule has 12 heteroatoms. The van der Waals surface area contributed by atoms with E-state index in [0.717, 1.165) is 29.2 Å². The van der Waals surface area contributed by atoms with Crippen molar-refractivity contribution in [3.05, 3.63) is 60.2 Å². The molecular formula is C18H15F3N2O6S. The molecule has 1 N–H and O–H groups in total. The third-order valence-electron chi connectivity index (χ3n) is 4.07. The van der Waals surface area contributed by atoms with Gasteiger partial charge in [0.25, 0.3) is 5.91 Å². The van der Waals surface area contributed by atoms with Gasteiger partial charge in [0.05, 0.1) is 17.5 Å². The Labute approximate surface area is 169 Å². The van der Waals surface area contributed by atoms with Crippen LogP contribution in [0.3, 0.4) is 0 Å². The van der Waals surface area contributed by atoms with Crippen LogP contribution in [0.5, 0.6) is 5.75 Å². The first-order valence-corrected chi connectivity index (χ1v) is 9.94. The van der Waals surface area contributed by atoms with Gasteiger partial charge in [-0.2, -0.15) is 0 Å². The van der Waals surface area contributed by atoms with Crippen LogP contribution in [-0.4, -0.2) is 44.8 Å². The molecule has 1 saturated heterocycles. The van der Waals surface area contributed by atoms with Crippen molar-refractivity contribution in [1.29, 1.82) is 0 Å². The number of ether oxygens (including phenoxy) is 2. The Bertz CT molecular complexity index is 1010. The third-order valence-corrected chi connectivity index (χ3v) is 5.56. The fraction of sp³-hybridized carbons (Fsp3) is 0.222. The van der Waals surface area contributed by atoms with Crippen LogP contribution >= 0.6 is 0 Å². The lowest BCUT2D eigenvalue weighted by atomic mass is 10.1. The van der Waals surface area contributed by atoms with E-state index in [1.54, 1.807) is 30.3 Å². The van der Waals surface area contributed by atoms with Crippen molar-refractivity contribution in [2.24, 2.45) is 0 Å². The molecule has 1 fully saturated rings. The van der Waals surface area contributed by atoms with Crippen molar-refractivity contribution >= 4 is 22.0 Å². The van der Waals surface area contributed by atoms with Gasteiger partial charge < -0.3 is 9.47 Å². The summed E-state index contributed by atoms with van der Waals surface area (Å²) in [4.78, 5) is 24.0. The molecule has 0 saturated carbocycles. The van der Waals surface area contributed by atoms with Gasteiger partial charge >= 0.3 is 12.5 Å². The molecule has 160 valence electrons. The highest BCUT2D eigenvalue weighted by molar-refractivity contribution is 7.89. The number of sulfonamides is 1. The van der Waals surface area contributed by atoms with Crippen molar-refractivity contribution in [3.8, 4) is 5.75 Å². The van der Waals surface area contributed by atoms with E-state index in [0.29, 0.717) is 5.56 Å². The van der Waals surface area contributed by atoms with Crippen molar-refractivity contribution in [2.45, 2.75) is 17.3 Å². The predicted molar refractivity (Wildman–Crippen MR) is 95.7 cm³/mol. The zero-order chi connectivity index (χ0) is 21.9. The van der Waals surface area contributed by atoms with Gasteiger partial charge in [-0.15, -0.1) is 13.2 Å². The maximum absolute atomic E-state index is 12.8. The largest absolute Gasteiger partial charge is 0.573 e. The van der Waals surface area contributed by atoms with Gasteiger partial charge in [0.15, 0.2) is 6.61 Å². The van der Waals surface area contributed by atoms with Crippen LogP contribution in [0.2, 0.25) is 0 Å². The molecular weight excluding hydrogens is 429 g/mol. The van der Waals surface area contributed by atoms with E-state index in [9.17, 15) is 31.2 Å². The number of rotatable bonds is 7. The number of amides is 2. The number of hydrogen-bond donors (Lipinski definition) is 1. The van der Waals surface area contributed by atoms with Crippen LogP contribution in [0.25, 0.3) is 0 Å². The summed E-state index contributed by atoms with van der Waals surface area (Å²) in [7, 11) is -4.22. The SMILES string of the molecule is O=C1COC(=O)N1CC(NS(=O)(=O)c1ccc(OC(F)(F)F)cc1)c1ccccc1. The monoisotopic (exact) mass is 444 g/mol. The van der Waals surface area contributed by atoms with E-state index in [1.165, 1.54) is 0 Å². The summed E-state index contributed by atoms with van der Waals surface area (Å²) in [6, 6.07) is 10.8. The number of hydrogen-bond acceptors (Lipinski definition) is 6. The average Bonchev–Trinajstić information content (AvgIpc) is 2.99. The number of carbonyl (C=O) groups excluding carboxylic acids is 2. The fourth-order valence-corrected chi connectivity index (χ4v) is 3.93. The molecule has 3 rings (SSSR count). The highest BCUT2D eigenvalue weighted by atomic mass is 32.2. The number of benzene rings is 2. The molecule has 1 atom stereocenters. The van der Waals surface area contributed by atoms with Gasteiger partial charge in [0, 0.05) is 0 Å².